The van der Waals surface area contributed by atoms with Gasteiger partial charge in [0.2, 0.25) is 0 Å². The van der Waals surface area contributed by atoms with Crippen molar-refractivity contribution in [3.8, 4) is 0 Å². The van der Waals surface area contributed by atoms with E-state index in [-0.39, 0.29) is 24.2 Å². The summed E-state index contributed by atoms with van der Waals surface area (Å²) >= 11 is 1.45. The highest BCUT2D eigenvalue weighted by Crippen LogP contribution is 2.33. The van der Waals surface area contributed by atoms with Crippen molar-refractivity contribution in [1.82, 2.24) is 5.32 Å². The van der Waals surface area contributed by atoms with Crippen LogP contribution in [0.3, 0.4) is 0 Å². The molecular weight excluding hydrogens is 362 g/mol. The van der Waals surface area contributed by atoms with Crippen LogP contribution in [0.4, 0.5) is 0 Å². The van der Waals surface area contributed by atoms with E-state index in [2.05, 4.69) is 12.2 Å². The molecule has 25 heavy (non-hydrogen) atoms. The smallest absolute Gasteiger partial charge is 0.348 e. The molecule has 1 N–H and O–H groups in total. The Morgan fingerprint density at radius 3 is 2.84 bits per heavy atom. The molecule has 1 amide bonds. The Morgan fingerprint density at radius 1 is 1.36 bits per heavy atom. The van der Waals surface area contributed by atoms with E-state index in [4.69, 9.17) is 4.74 Å². The predicted molar refractivity (Wildman–Crippen MR) is 95.6 cm³/mol. The summed E-state index contributed by atoms with van der Waals surface area (Å²) in [5.41, 5.74) is 1.23. The first kappa shape index (κ1) is 18.4. The Hall–Kier alpha value is -1.41. The highest BCUT2D eigenvalue weighted by atomic mass is 32.2. The Morgan fingerprint density at radius 2 is 2.16 bits per heavy atom. The van der Waals surface area contributed by atoms with Crippen molar-refractivity contribution in [2.75, 3.05) is 18.1 Å². The van der Waals surface area contributed by atoms with Crippen LogP contribution < -0.4 is 5.32 Å². The van der Waals surface area contributed by atoms with Crippen LogP contribution in [0.1, 0.15) is 46.3 Å². The zero-order chi connectivity index (χ0) is 18.0. The largest absolute Gasteiger partial charge is 0.451 e. The van der Waals surface area contributed by atoms with Crippen LogP contribution in [0.2, 0.25) is 0 Å². The molecule has 2 unspecified atom stereocenters. The number of hydrogen-bond donors (Lipinski definition) is 1. The van der Waals surface area contributed by atoms with Gasteiger partial charge >= 0.3 is 5.97 Å². The molecule has 1 fully saturated rings. The number of amides is 1. The van der Waals surface area contributed by atoms with Crippen molar-refractivity contribution < 1.29 is 22.7 Å². The number of aryl methyl sites for hydroxylation is 1. The van der Waals surface area contributed by atoms with E-state index in [0.717, 1.165) is 25.7 Å². The first-order valence-electron chi connectivity index (χ1n) is 8.65. The lowest BCUT2D eigenvalue weighted by Gasteiger charge is -2.19. The number of sulfone groups is 1. The van der Waals surface area contributed by atoms with Crippen molar-refractivity contribution in [3.05, 3.63) is 21.4 Å². The zero-order valence-corrected chi connectivity index (χ0v) is 15.9. The molecular formula is C17H23NO5S2. The normalized spacial score (nSPS) is 24.5. The summed E-state index contributed by atoms with van der Waals surface area (Å²) < 4.78 is 27.9. The lowest BCUT2D eigenvalue weighted by atomic mass is 9.87. The number of fused-ring (bicyclic) bond motifs is 1. The molecule has 1 aliphatic heterocycles. The number of hydrogen-bond acceptors (Lipinski definition) is 6. The van der Waals surface area contributed by atoms with E-state index in [0.29, 0.717) is 17.2 Å². The molecule has 0 saturated carbocycles. The third-order valence-electron chi connectivity index (χ3n) is 4.90. The van der Waals surface area contributed by atoms with E-state index >= 15 is 0 Å². The number of rotatable bonds is 5. The van der Waals surface area contributed by atoms with Crippen LogP contribution in [0.25, 0.3) is 0 Å². The number of carbonyl (C=O) groups excluding carboxylic acids is 2. The average molecular weight is 386 g/mol. The summed E-state index contributed by atoms with van der Waals surface area (Å²) in [6.07, 6.45) is 4.73. The molecule has 2 aliphatic rings. The molecule has 1 aromatic heterocycles. The summed E-state index contributed by atoms with van der Waals surface area (Å²) in [6.45, 7) is 1.81. The molecule has 2 heterocycles. The molecule has 138 valence electrons. The second-order valence-corrected chi connectivity index (χ2v) is 10.2. The van der Waals surface area contributed by atoms with Gasteiger partial charge in [0.25, 0.3) is 5.91 Å². The fraction of sp³-hybridized carbons (Fsp3) is 0.647. The molecule has 0 spiro atoms. The van der Waals surface area contributed by atoms with Gasteiger partial charge in [-0.2, -0.15) is 0 Å². The highest BCUT2D eigenvalue weighted by molar-refractivity contribution is 7.91. The molecule has 0 bridgehead atoms. The number of carbonyl (C=O) groups is 2. The maximum atomic E-state index is 12.2. The quantitative estimate of drug-likeness (QED) is 0.780. The molecule has 8 heteroatoms. The lowest BCUT2D eigenvalue weighted by Crippen LogP contribution is -2.38. The van der Waals surface area contributed by atoms with Gasteiger partial charge in [0.05, 0.1) is 11.5 Å². The van der Waals surface area contributed by atoms with Gasteiger partial charge in [-0.1, -0.05) is 13.3 Å². The van der Waals surface area contributed by atoms with Crippen LogP contribution in [0.15, 0.2) is 6.07 Å². The van der Waals surface area contributed by atoms with E-state index in [1.54, 1.807) is 0 Å². The third-order valence-corrected chi connectivity index (χ3v) is 7.88. The molecule has 3 rings (SSSR count). The van der Waals surface area contributed by atoms with Gasteiger partial charge in [-0.15, -0.1) is 11.3 Å². The van der Waals surface area contributed by atoms with Crippen molar-refractivity contribution in [2.24, 2.45) is 5.92 Å². The van der Waals surface area contributed by atoms with Gasteiger partial charge in [0.15, 0.2) is 16.4 Å². The fourth-order valence-corrected chi connectivity index (χ4v) is 6.20. The summed E-state index contributed by atoms with van der Waals surface area (Å²) in [6, 6.07) is 1.52. The van der Waals surface area contributed by atoms with Crippen LogP contribution in [0, 0.1) is 5.92 Å². The van der Waals surface area contributed by atoms with E-state index in [1.807, 2.05) is 6.07 Å². The second kappa shape index (κ2) is 7.45. The topological polar surface area (TPSA) is 89.5 Å². The minimum Gasteiger partial charge on any atom is -0.451 e. The van der Waals surface area contributed by atoms with Crippen LogP contribution in [-0.4, -0.2) is 44.4 Å². The maximum Gasteiger partial charge on any atom is 0.348 e. The van der Waals surface area contributed by atoms with Crippen molar-refractivity contribution >= 4 is 33.1 Å². The lowest BCUT2D eigenvalue weighted by molar-refractivity contribution is -0.124. The predicted octanol–water partition coefficient (Wildman–Crippen LogP) is 1.72. The molecule has 1 aliphatic carbocycles. The van der Waals surface area contributed by atoms with Crippen molar-refractivity contribution in [2.45, 2.75) is 45.1 Å². The molecule has 0 aromatic carbocycles. The number of thiophene rings is 1. The zero-order valence-electron chi connectivity index (χ0n) is 14.2. The number of esters is 1. The van der Waals surface area contributed by atoms with Gasteiger partial charge in [-0.25, -0.2) is 13.2 Å². The summed E-state index contributed by atoms with van der Waals surface area (Å²) in [4.78, 5) is 25.8. The Bertz CT molecular complexity index is 768. The van der Waals surface area contributed by atoms with Gasteiger partial charge in [0, 0.05) is 10.9 Å². The third kappa shape index (κ3) is 4.61. The van der Waals surface area contributed by atoms with Crippen LogP contribution in [-0.2, 0) is 32.2 Å². The minimum absolute atomic E-state index is 0.0388. The average Bonchev–Trinajstić information content (AvgIpc) is 3.14. The molecule has 2 atom stereocenters. The number of ether oxygens (including phenoxy) is 1. The van der Waals surface area contributed by atoms with Gasteiger partial charge < -0.3 is 10.1 Å². The molecule has 0 radical (unpaired) electrons. The summed E-state index contributed by atoms with van der Waals surface area (Å²) in [7, 11) is -3.04. The monoisotopic (exact) mass is 385 g/mol. The first-order valence-corrected chi connectivity index (χ1v) is 11.3. The maximum absolute atomic E-state index is 12.2. The van der Waals surface area contributed by atoms with Crippen molar-refractivity contribution in [3.63, 3.8) is 0 Å². The van der Waals surface area contributed by atoms with Gasteiger partial charge in [0.1, 0.15) is 4.88 Å². The molecule has 6 nitrogen and oxygen atoms in total. The Labute approximate surface area is 151 Å². The summed E-state index contributed by atoms with van der Waals surface area (Å²) in [5, 5.41) is 2.61. The van der Waals surface area contributed by atoms with E-state index < -0.39 is 21.7 Å². The minimum atomic E-state index is -3.04. The molecule has 1 saturated heterocycles. The standard InChI is InChI=1S/C17H23NO5S2/c1-2-11-3-4-14-12(7-11)8-15(24-14)17(20)23-9-16(19)18-13-5-6-25(21,22)10-13/h8,11,13H,2-7,9-10H2,1H3,(H,18,19). The van der Waals surface area contributed by atoms with Gasteiger partial charge in [-0.05, 0) is 43.2 Å². The number of nitrogens with one attached hydrogen (secondary N) is 1. The fourth-order valence-electron chi connectivity index (χ4n) is 3.43. The second-order valence-electron chi connectivity index (χ2n) is 6.82. The summed E-state index contributed by atoms with van der Waals surface area (Å²) in [5.74, 6) is -0.205. The van der Waals surface area contributed by atoms with Gasteiger partial charge in [-0.3, -0.25) is 4.79 Å². The van der Waals surface area contributed by atoms with Crippen LogP contribution >= 0.6 is 11.3 Å². The Kier molecular flexibility index (Phi) is 5.48. The Balaban J connectivity index is 1.50. The van der Waals surface area contributed by atoms with Crippen molar-refractivity contribution in [1.29, 1.82) is 0 Å². The highest BCUT2D eigenvalue weighted by Gasteiger charge is 2.29. The first-order chi connectivity index (χ1) is 11.9. The molecule has 1 aromatic rings. The van der Waals surface area contributed by atoms with E-state index in [1.165, 1.54) is 21.8 Å². The van der Waals surface area contributed by atoms with E-state index in [9.17, 15) is 18.0 Å². The van der Waals surface area contributed by atoms with Crippen LogP contribution in [0.5, 0.6) is 0 Å². The SMILES string of the molecule is CCC1CCc2sc(C(=O)OCC(=O)NC3CCS(=O)(=O)C3)cc2C1.